The van der Waals surface area contributed by atoms with E-state index in [0.717, 1.165) is 19.6 Å². The number of rotatable bonds is 6. The maximum atomic E-state index is 5.08. The quantitative estimate of drug-likeness (QED) is 0.744. The molecule has 0 fully saturated rings. The minimum atomic E-state index is 0.331. The molecular weight excluding hydrogens is 178 g/mol. The van der Waals surface area contributed by atoms with Gasteiger partial charge in [-0.05, 0) is 26.5 Å². The summed E-state index contributed by atoms with van der Waals surface area (Å²) in [6.07, 6.45) is 2.81. The van der Waals surface area contributed by atoms with Gasteiger partial charge in [-0.25, -0.2) is 0 Å². The number of aromatic nitrogens is 2. The van der Waals surface area contributed by atoms with Crippen molar-refractivity contribution in [3.8, 4) is 0 Å². The first-order valence-electron chi connectivity index (χ1n) is 5.01. The van der Waals surface area contributed by atoms with E-state index >= 15 is 0 Å². The Morgan fingerprint density at radius 1 is 1.64 bits per heavy atom. The Hall–Kier alpha value is -0.870. The lowest BCUT2D eigenvalue weighted by Gasteiger charge is -2.16. The van der Waals surface area contributed by atoms with Crippen LogP contribution in [-0.4, -0.2) is 30.5 Å². The van der Waals surface area contributed by atoms with Crippen LogP contribution < -0.4 is 5.32 Å². The van der Waals surface area contributed by atoms with E-state index in [0.29, 0.717) is 6.04 Å². The predicted molar refractivity (Wildman–Crippen MR) is 56.2 cm³/mol. The SMILES string of the molecule is CCn1nccc1C(CCOC)NC. The van der Waals surface area contributed by atoms with Gasteiger partial charge in [0.05, 0.1) is 11.7 Å². The minimum Gasteiger partial charge on any atom is -0.385 e. The van der Waals surface area contributed by atoms with Crippen molar-refractivity contribution in [2.24, 2.45) is 0 Å². The highest BCUT2D eigenvalue weighted by Gasteiger charge is 2.12. The molecule has 0 amide bonds. The van der Waals surface area contributed by atoms with Crippen LogP contribution in [0.15, 0.2) is 12.3 Å². The summed E-state index contributed by atoms with van der Waals surface area (Å²) in [5, 5.41) is 7.52. The fraction of sp³-hybridized carbons (Fsp3) is 0.700. The summed E-state index contributed by atoms with van der Waals surface area (Å²) < 4.78 is 7.09. The zero-order valence-corrected chi connectivity index (χ0v) is 9.16. The van der Waals surface area contributed by atoms with E-state index in [4.69, 9.17) is 4.74 Å². The predicted octanol–water partition coefficient (Wildman–Crippen LogP) is 1.20. The molecule has 1 heterocycles. The summed E-state index contributed by atoms with van der Waals surface area (Å²) in [5.41, 5.74) is 1.23. The average Bonchev–Trinajstić information content (AvgIpc) is 2.67. The van der Waals surface area contributed by atoms with Crippen LogP contribution in [0.2, 0.25) is 0 Å². The van der Waals surface area contributed by atoms with Crippen molar-refractivity contribution in [2.45, 2.75) is 25.9 Å². The van der Waals surface area contributed by atoms with Crippen molar-refractivity contribution in [3.63, 3.8) is 0 Å². The van der Waals surface area contributed by atoms with Gasteiger partial charge < -0.3 is 10.1 Å². The van der Waals surface area contributed by atoms with Gasteiger partial charge in [-0.2, -0.15) is 5.10 Å². The first-order valence-corrected chi connectivity index (χ1v) is 5.01. The van der Waals surface area contributed by atoms with Gasteiger partial charge in [0.2, 0.25) is 0 Å². The molecule has 14 heavy (non-hydrogen) atoms. The minimum absolute atomic E-state index is 0.331. The van der Waals surface area contributed by atoms with E-state index in [1.165, 1.54) is 5.69 Å². The molecule has 4 nitrogen and oxygen atoms in total. The van der Waals surface area contributed by atoms with Gasteiger partial charge in [0.1, 0.15) is 0 Å². The number of nitrogens with one attached hydrogen (secondary N) is 1. The molecule has 0 spiro atoms. The van der Waals surface area contributed by atoms with Gasteiger partial charge >= 0.3 is 0 Å². The molecule has 1 N–H and O–H groups in total. The summed E-state index contributed by atoms with van der Waals surface area (Å²) >= 11 is 0. The molecule has 1 aromatic rings. The van der Waals surface area contributed by atoms with Crippen molar-refractivity contribution in [3.05, 3.63) is 18.0 Å². The van der Waals surface area contributed by atoms with Gasteiger partial charge in [-0.1, -0.05) is 0 Å². The van der Waals surface area contributed by atoms with Crippen LogP contribution in [0.1, 0.15) is 25.1 Å². The Morgan fingerprint density at radius 3 is 3.00 bits per heavy atom. The molecular formula is C10H19N3O. The summed E-state index contributed by atoms with van der Waals surface area (Å²) in [5.74, 6) is 0. The first kappa shape index (κ1) is 11.2. The lowest BCUT2D eigenvalue weighted by Crippen LogP contribution is -2.21. The van der Waals surface area contributed by atoms with Crippen molar-refractivity contribution in [1.82, 2.24) is 15.1 Å². The molecule has 0 aromatic carbocycles. The Bertz CT molecular complexity index is 260. The van der Waals surface area contributed by atoms with E-state index < -0.39 is 0 Å². The molecule has 1 aromatic heterocycles. The Kier molecular flexibility index (Phi) is 4.62. The fourth-order valence-corrected chi connectivity index (χ4v) is 1.58. The number of nitrogens with zero attached hydrogens (tertiary/aromatic N) is 2. The van der Waals surface area contributed by atoms with Gasteiger partial charge in [-0.3, -0.25) is 4.68 Å². The molecule has 80 valence electrons. The van der Waals surface area contributed by atoms with Crippen LogP contribution in [0.3, 0.4) is 0 Å². The molecule has 0 saturated heterocycles. The topological polar surface area (TPSA) is 39.1 Å². The number of aryl methyl sites for hydroxylation is 1. The number of hydrogen-bond donors (Lipinski definition) is 1. The highest BCUT2D eigenvalue weighted by Crippen LogP contribution is 2.15. The van der Waals surface area contributed by atoms with E-state index in [-0.39, 0.29) is 0 Å². The Balaban J connectivity index is 2.67. The standard InChI is InChI=1S/C10H19N3O/c1-4-13-10(5-7-12-13)9(11-2)6-8-14-3/h5,7,9,11H,4,6,8H2,1-3H3. The molecule has 1 atom stereocenters. The molecule has 0 aliphatic carbocycles. The summed E-state index contributed by atoms with van der Waals surface area (Å²) in [4.78, 5) is 0. The van der Waals surface area contributed by atoms with Gasteiger partial charge in [0.15, 0.2) is 0 Å². The average molecular weight is 197 g/mol. The third-order valence-corrected chi connectivity index (χ3v) is 2.37. The summed E-state index contributed by atoms with van der Waals surface area (Å²) in [7, 11) is 3.69. The molecule has 0 bridgehead atoms. The van der Waals surface area contributed by atoms with Crippen molar-refractivity contribution < 1.29 is 4.74 Å². The second kappa shape index (κ2) is 5.78. The molecule has 0 saturated carbocycles. The maximum Gasteiger partial charge on any atom is 0.0554 e. The van der Waals surface area contributed by atoms with E-state index in [2.05, 4.69) is 23.4 Å². The Labute approximate surface area is 85.3 Å². The lowest BCUT2D eigenvalue weighted by molar-refractivity contribution is 0.183. The van der Waals surface area contributed by atoms with Gasteiger partial charge in [0.25, 0.3) is 0 Å². The summed E-state index contributed by atoms with van der Waals surface area (Å²) in [6.45, 7) is 3.77. The molecule has 1 rings (SSSR count). The second-order valence-electron chi connectivity index (χ2n) is 3.19. The zero-order chi connectivity index (χ0) is 10.4. The van der Waals surface area contributed by atoms with Crippen LogP contribution >= 0.6 is 0 Å². The largest absolute Gasteiger partial charge is 0.385 e. The van der Waals surface area contributed by atoms with Crippen molar-refractivity contribution in [2.75, 3.05) is 20.8 Å². The highest BCUT2D eigenvalue weighted by atomic mass is 16.5. The normalized spacial score (nSPS) is 13.1. The van der Waals surface area contributed by atoms with E-state index in [1.54, 1.807) is 7.11 Å². The lowest BCUT2D eigenvalue weighted by atomic mass is 10.1. The fourth-order valence-electron chi connectivity index (χ4n) is 1.58. The van der Waals surface area contributed by atoms with Crippen molar-refractivity contribution in [1.29, 1.82) is 0 Å². The molecule has 0 radical (unpaired) electrons. The molecule has 1 unspecified atom stereocenters. The van der Waals surface area contributed by atoms with Crippen LogP contribution in [0.5, 0.6) is 0 Å². The van der Waals surface area contributed by atoms with Crippen LogP contribution in [0, 0.1) is 0 Å². The second-order valence-corrected chi connectivity index (χ2v) is 3.19. The van der Waals surface area contributed by atoms with E-state index in [9.17, 15) is 0 Å². The zero-order valence-electron chi connectivity index (χ0n) is 9.16. The third-order valence-electron chi connectivity index (χ3n) is 2.37. The van der Waals surface area contributed by atoms with Gasteiger partial charge in [-0.15, -0.1) is 0 Å². The van der Waals surface area contributed by atoms with Crippen molar-refractivity contribution >= 4 is 0 Å². The number of ether oxygens (including phenoxy) is 1. The van der Waals surface area contributed by atoms with Gasteiger partial charge in [0, 0.05) is 26.5 Å². The number of hydrogen-bond acceptors (Lipinski definition) is 3. The van der Waals surface area contributed by atoms with Crippen LogP contribution in [0.25, 0.3) is 0 Å². The first-order chi connectivity index (χ1) is 6.83. The van der Waals surface area contributed by atoms with E-state index in [1.807, 2.05) is 17.9 Å². The summed E-state index contributed by atoms with van der Waals surface area (Å²) in [6, 6.07) is 2.39. The maximum absolute atomic E-state index is 5.08. The number of methoxy groups -OCH3 is 1. The molecule has 0 aliphatic rings. The highest BCUT2D eigenvalue weighted by molar-refractivity contribution is 5.06. The van der Waals surface area contributed by atoms with Crippen LogP contribution in [0.4, 0.5) is 0 Å². The molecule has 4 heteroatoms. The smallest absolute Gasteiger partial charge is 0.0554 e. The Morgan fingerprint density at radius 2 is 2.43 bits per heavy atom. The monoisotopic (exact) mass is 197 g/mol. The van der Waals surface area contributed by atoms with Crippen LogP contribution in [-0.2, 0) is 11.3 Å². The third kappa shape index (κ3) is 2.56. The molecule has 0 aliphatic heterocycles.